The quantitative estimate of drug-likeness (QED) is 0.879. The van der Waals surface area contributed by atoms with E-state index in [-0.39, 0.29) is 11.5 Å². The number of aryl methyl sites for hydroxylation is 1. The number of hydrogen-bond acceptors (Lipinski definition) is 2. The normalized spacial score (nSPS) is 10.5. The summed E-state index contributed by atoms with van der Waals surface area (Å²) < 4.78 is 0. The summed E-state index contributed by atoms with van der Waals surface area (Å²) >= 11 is 11.9. The number of aromatic nitrogens is 1. The Morgan fingerprint density at radius 3 is 2.68 bits per heavy atom. The molecular weight excluding hydrogens is 323 g/mol. The van der Waals surface area contributed by atoms with Gasteiger partial charge in [0.1, 0.15) is 0 Å². The number of carbonyl (C=O) groups is 1. The second kappa shape index (κ2) is 7.47. The van der Waals surface area contributed by atoms with Crippen LogP contribution < -0.4 is 10.9 Å². The third-order valence-electron chi connectivity index (χ3n) is 3.29. The molecule has 0 bridgehead atoms. The van der Waals surface area contributed by atoms with E-state index in [2.05, 4.69) is 10.3 Å². The van der Waals surface area contributed by atoms with Crippen LogP contribution in [0.2, 0.25) is 10.0 Å². The largest absolute Gasteiger partial charge is 0.352 e. The molecular formula is C16H16Cl2N2O2. The molecule has 6 heteroatoms. The Hall–Kier alpha value is -1.78. The molecule has 2 aromatic rings. The summed E-state index contributed by atoms with van der Waals surface area (Å²) in [7, 11) is 0. The van der Waals surface area contributed by atoms with Crippen molar-refractivity contribution in [2.75, 3.05) is 6.54 Å². The molecule has 1 aromatic heterocycles. The first-order chi connectivity index (χ1) is 10.5. The lowest BCUT2D eigenvalue weighted by Gasteiger charge is -2.09. The lowest BCUT2D eigenvalue weighted by atomic mass is 10.1. The molecule has 116 valence electrons. The van der Waals surface area contributed by atoms with Gasteiger partial charge in [-0.3, -0.25) is 9.59 Å². The van der Waals surface area contributed by atoms with Crippen LogP contribution in [0.5, 0.6) is 0 Å². The van der Waals surface area contributed by atoms with Crippen molar-refractivity contribution in [1.29, 1.82) is 0 Å². The van der Waals surface area contributed by atoms with Crippen molar-refractivity contribution < 1.29 is 4.79 Å². The number of hydrogen-bond donors (Lipinski definition) is 2. The lowest BCUT2D eigenvalue weighted by Crippen LogP contribution is -2.28. The first-order valence-electron chi connectivity index (χ1n) is 6.95. The minimum absolute atomic E-state index is 0.207. The van der Waals surface area contributed by atoms with Crippen LogP contribution >= 0.6 is 23.2 Å². The average molecular weight is 339 g/mol. The molecule has 0 saturated heterocycles. The monoisotopic (exact) mass is 338 g/mol. The smallest absolute Gasteiger partial charge is 0.253 e. The molecule has 0 saturated carbocycles. The van der Waals surface area contributed by atoms with Crippen LogP contribution in [0.25, 0.3) is 0 Å². The molecule has 2 N–H and O–H groups in total. The zero-order valence-electron chi connectivity index (χ0n) is 12.1. The van der Waals surface area contributed by atoms with Gasteiger partial charge in [-0.15, -0.1) is 0 Å². The van der Waals surface area contributed by atoms with Gasteiger partial charge in [0, 0.05) is 28.4 Å². The van der Waals surface area contributed by atoms with E-state index in [0.717, 1.165) is 5.56 Å². The maximum Gasteiger partial charge on any atom is 0.253 e. The Morgan fingerprint density at radius 2 is 2.00 bits per heavy atom. The predicted octanol–water partition coefficient (Wildman–Crippen LogP) is 3.22. The maximum absolute atomic E-state index is 12.2. The minimum Gasteiger partial charge on any atom is -0.352 e. The van der Waals surface area contributed by atoms with Crippen molar-refractivity contribution in [2.45, 2.75) is 19.8 Å². The SMILES string of the molecule is CCc1[nH]c(=O)ccc1C(=O)NCCc1ccc(Cl)cc1Cl. The highest BCUT2D eigenvalue weighted by molar-refractivity contribution is 6.35. The Kier molecular flexibility index (Phi) is 5.63. The Balaban J connectivity index is 2.00. The van der Waals surface area contributed by atoms with E-state index in [1.165, 1.54) is 6.07 Å². The summed E-state index contributed by atoms with van der Waals surface area (Å²) in [5, 5.41) is 4.00. The molecule has 0 aliphatic rings. The molecule has 4 nitrogen and oxygen atoms in total. The standard InChI is InChI=1S/C16H16Cl2N2O2/c1-2-14-12(5-6-15(21)20-14)16(22)19-8-7-10-3-4-11(17)9-13(10)18/h3-6,9H,2,7-8H2,1H3,(H,19,22)(H,20,21). The van der Waals surface area contributed by atoms with Crippen LogP contribution in [-0.4, -0.2) is 17.4 Å². The van der Waals surface area contributed by atoms with Crippen LogP contribution in [-0.2, 0) is 12.8 Å². The molecule has 1 amide bonds. The lowest BCUT2D eigenvalue weighted by molar-refractivity contribution is 0.0952. The number of H-pyrrole nitrogens is 1. The minimum atomic E-state index is -0.210. The summed E-state index contributed by atoms with van der Waals surface area (Å²) in [6.45, 7) is 2.33. The molecule has 0 aliphatic carbocycles. The molecule has 1 heterocycles. The van der Waals surface area contributed by atoms with E-state index >= 15 is 0 Å². The molecule has 0 atom stereocenters. The Morgan fingerprint density at radius 1 is 1.23 bits per heavy atom. The average Bonchev–Trinajstić information content (AvgIpc) is 2.49. The summed E-state index contributed by atoms with van der Waals surface area (Å²) in [6.07, 6.45) is 1.19. The molecule has 0 unspecified atom stereocenters. The van der Waals surface area contributed by atoms with Crippen LogP contribution in [0.4, 0.5) is 0 Å². The second-order valence-corrected chi connectivity index (χ2v) is 5.65. The fourth-order valence-corrected chi connectivity index (χ4v) is 2.64. The second-order valence-electron chi connectivity index (χ2n) is 4.81. The van der Waals surface area contributed by atoms with Crippen molar-refractivity contribution in [2.24, 2.45) is 0 Å². The van der Waals surface area contributed by atoms with Crippen molar-refractivity contribution in [3.8, 4) is 0 Å². The number of carbonyl (C=O) groups excluding carboxylic acids is 1. The third kappa shape index (κ3) is 4.12. The van der Waals surface area contributed by atoms with Crippen molar-refractivity contribution in [1.82, 2.24) is 10.3 Å². The van der Waals surface area contributed by atoms with Crippen LogP contribution in [0.1, 0.15) is 28.5 Å². The van der Waals surface area contributed by atoms with Crippen molar-refractivity contribution >= 4 is 29.1 Å². The third-order valence-corrected chi connectivity index (χ3v) is 3.88. The van der Waals surface area contributed by atoms with Gasteiger partial charge >= 0.3 is 0 Å². The van der Waals surface area contributed by atoms with Gasteiger partial charge in [-0.2, -0.15) is 0 Å². The molecule has 0 spiro atoms. The number of pyridine rings is 1. The van der Waals surface area contributed by atoms with Gasteiger partial charge < -0.3 is 10.3 Å². The van der Waals surface area contributed by atoms with Gasteiger partial charge in [0.2, 0.25) is 5.56 Å². The van der Waals surface area contributed by atoms with E-state index < -0.39 is 0 Å². The number of halogens is 2. The van der Waals surface area contributed by atoms with Gasteiger partial charge in [0.05, 0.1) is 5.56 Å². The molecule has 22 heavy (non-hydrogen) atoms. The molecule has 1 aromatic carbocycles. The zero-order valence-corrected chi connectivity index (χ0v) is 13.6. The summed E-state index contributed by atoms with van der Waals surface area (Å²) in [4.78, 5) is 26.1. The fourth-order valence-electron chi connectivity index (χ4n) is 2.14. The summed E-state index contributed by atoms with van der Waals surface area (Å²) in [5.41, 5.74) is 1.84. The first kappa shape index (κ1) is 16.6. The number of benzene rings is 1. The van der Waals surface area contributed by atoms with Crippen molar-refractivity contribution in [3.63, 3.8) is 0 Å². The highest BCUT2D eigenvalue weighted by Gasteiger charge is 2.11. The van der Waals surface area contributed by atoms with Crippen LogP contribution in [0, 0.1) is 0 Å². The number of aromatic amines is 1. The van der Waals surface area contributed by atoms with Crippen LogP contribution in [0.3, 0.4) is 0 Å². The van der Waals surface area contributed by atoms with Gasteiger partial charge in [-0.1, -0.05) is 36.2 Å². The van der Waals surface area contributed by atoms with Crippen LogP contribution in [0.15, 0.2) is 35.1 Å². The Bertz CT molecular complexity index is 741. The molecule has 2 rings (SSSR count). The Labute approximate surface area is 138 Å². The molecule has 0 radical (unpaired) electrons. The predicted molar refractivity (Wildman–Crippen MR) is 88.9 cm³/mol. The van der Waals surface area contributed by atoms with E-state index in [0.29, 0.717) is 40.7 Å². The highest BCUT2D eigenvalue weighted by Crippen LogP contribution is 2.21. The maximum atomic E-state index is 12.2. The first-order valence-corrected chi connectivity index (χ1v) is 7.71. The summed E-state index contributed by atoms with van der Waals surface area (Å²) in [5.74, 6) is -0.210. The van der Waals surface area contributed by atoms with E-state index in [4.69, 9.17) is 23.2 Å². The number of nitrogens with one attached hydrogen (secondary N) is 2. The summed E-state index contributed by atoms with van der Waals surface area (Å²) in [6, 6.07) is 8.18. The van der Waals surface area contributed by atoms with E-state index in [1.807, 2.05) is 13.0 Å². The van der Waals surface area contributed by atoms with Gasteiger partial charge in [-0.25, -0.2) is 0 Å². The topological polar surface area (TPSA) is 62.0 Å². The van der Waals surface area contributed by atoms with Crippen molar-refractivity contribution in [3.05, 3.63) is 67.6 Å². The molecule has 0 aliphatic heterocycles. The van der Waals surface area contributed by atoms with E-state index in [1.54, 1.807) is 18.2 Å². The van der Waals surface area contributed by atoms with Gasteiger partial charge in [-0.05, 0) is 36.6 Å². The van der Waals surface area contributed by atoms with E-state index in [9.17, 15) is 9.59 Å². The molecule has 0 fully saturated rings. The number of amides is 1. The van der Waals surface area contributed by atoms with Gasteiger partial charge in [0.15, 0.2) is 0 Å². The van der Waals surface area contributed by atoms with Gasteiger partial charge in [0.25, 0.3) is 5.91 Å². The fraction of sp³-hybridized carbons (Fsp3) is 0.250. The zero-order chi connectivity index (χ0) is 16.1. The highest BCUT2D eigenvalue weighted by atomic mass is 35.5. The number of rotatable bonds is 5.